The van der Waals surface area contributed by atoms with Crippen molar-refractivity contribution in [1.29, 1.82) is 0 Å². The number of aromatic carboxylic acids is 1. The third kappa shape index (κ3) is 9.39. The van der Waals surface area contributed by atoms with Crippen LogP contribution in [0, 0.1) is 5.41 Å². The van der Waals surface area contributed by atoms with Crippen molar-refractivity contribution in [3.05, 3.63) is 138 Å². The summed E-state index contributed by atoms with van der Waals surface area (Å²) in [5.74, 6) is -0.346. The second kappa shape index (κ2) is 21.4. The molecule has 5 aromatic rings. The van der Waals surface area contributed by atoms with E-state index in [0.717, 1.165) is 120 Å². The maximum atomic E-state index is 13.0. The highest BCUT2D eigenvalue weighted by atomic mass is 35.5. The van der Waals surface area contributed by atoms with Gasteiger partial charge in [0.1, 0.15) is 29.2 Å². The number of carbonyl (C=O) groups excluding carboxylic acids is 1. The first-order chi connectivity index (χ1) is 36.9. The molecule has 3 aromatic carbocycles. The van der Waals surface area contributed by atoms with Crippen LogP contribution in [-0.2, 0) is 27.4 Å². The van der Waals surface area contributed by atoms with E-state index in [1.165, 1.54) is 37.9 Å². The summed E-state index contributed by atoms with van der Waals surface area (Å²) < 4.78 is 32.0. The Morgan fingerprint density at radius 3 is 1.74 bits per heavy atom. The van der Waals surface area contributed by atoms with E-state index in [2.05, 4.69) is 16.1 Å². The van der Waals surface area contributed by atoms with Crippen molar-refractivity contribution in [1.82, 2.24) is 9.35 Å². The molecule has 6 fully saturated rings. The molecule has 6 heterocycles. The van der Waals surface area contributed by atoms with E-state index in [1.807, 2.05) is 57.9 Å². The Morgan fingerprint density at radius 2 is 1.21 bits per heavy atom. The van der Waals surface area contributed by atoms with Gasteiger partial charge in [0.05, 0.1) is 59.4 Å². The Bertz CT molecular complexity index is 3110. The molecule has 4 aliphatic heterocycles. The lowest BCUT2D eigenvalue weighted by molar-refractivity contribution is 0.0522. The Morgan fingerprint density at radius 1 is 0.645 bits per heavy atom. The number of halogens is 1. The summed E-state index contributed by atoms with van der Waals surface area (Å²) in [7, 11) is 3.32. The van der Waals surface area contributed by atoms with Gasteiger partial charge in [0, 0.05) is 68.5 Å². The van der Waals surface area contributed by atoms with Gasteiger partial charge in [0.15, 0.2) is 10.9 Å². The lowest BCUT2D eigenvalue weighted by Gasteiger charge is -2.52. The number of hydrogen-bond donors (Lipinski definition) is 1. The number of hydrogen-bond acceptors (Lipinski definition) is 11. The first-order valence-corrected chi connectivity index (χ1v) is 28.1. The molecule has 2 atom stereocenters. The van der Waals surface area contributed by atoms with Gasteiger partial charge in [-0.05, 0) is 143 Å². The van der Waals surface area contributed by atoms with Crippen LogP contribution in [0.15, 0.2) is 88.7 Å². The first-order valence-electron chi connectivity index (χ1n) is 27.7. The minimum Gasteiger partial charge on any atom is -0.493 e. The van der Waals surface area contributed by atoms with E-state index >= 15 is 0 Å². The quantitative estimate of drug-likeness (QED) is 0.0883. The molecule has 2 saturated heterocycles. The number of carboxylic acid groups (broad SMARTS) is 1. The lowest BCUT2D eigenvalue weighted by Crippen LogP contribution is -2.57. The third-order valence-electron chi connectivity index (χ3n) is 18.1. The van der Waals surface area contributed by atoms with Gasteiger partial charge in [-0.25, -0.2) is 9.59 Å². The van der Waals surface area contributed by atoms with E-state index in [4.69, 9.17) is 35.3 Å². The summed E-state index contributed by atoms with van der Waals surface area (Å²) in [4.78, 5) is 49.9. The van der Waals surface area contributed by atoms with Gasteiger partial charge >= 0.3 is 11.9 Å². The smallest absolute Gasteiger partial charge is 0.343 e. The molecule has 4 saturated carbocycles. The van der Waals surface area contributed by atoms with E-state index < -0.39 is 17.4 Å². The maximum absolute atomic E-state index is 13.0. The lowest BCUT2D eigenvalue weighted by atomic mass is 9.68. The standard InChI is InChI=1S/C28H27ClN2O4.C25H30N2O6.C8H14/c1-2-34-27(33)21-16-30-24(15-25(21)32)19-13-22(29)26(35-17-18-7-4-3-5-8-18)14-20(19)23-9-12-28(31(23)30)10-6-11-28;1-31-9-4-10-33-23-12-18-17(11-16(23)15-32-2)21-13-22(28)19(24(29)30)14-26(21)27-20(18)5-8-25(27)6-3-7-25;1-2-5-8(4-1)6-3-7-8/h3-5,7-8,13-16,23H,2,6,9-12,17H2,1H3;11-14,20H,3-10,15H2,1-2H3,(H,29,30);1-7H2/t23-;20-;/m11./s1. The summed E-state index contributed by atoms with van der Waals surface area (Å²) >= 11 is 6.69. The van der Waals surface area contributed by atoms with E-state index in [-0.39, 0.29) is 46.3 Å². The van der Waals surface area contributed by atoms with Gasteiger partial charge in [0.2, 0.25) is 0 Å². The average molecular weight is 1060 g/mol. The van der Waals surface area contributed by atoms with Gasteiger partial charge in [0.25, 0.3) is 0 Å². The summed E-state index contributed by atoms with van der Waals surface area (Å²) in [6, 6.07) is 21.3. The second-order valence-electron chi connectivity index (χ2n) is 22.4. The van der Waals surface area contributed by atoms with Crippen LogP contribution in [-0.4, -0.2) is 71.5 Å². The number of benzene rings is 3. The highest BCUT2D eigenvalue weighted by Crippen LogP contribution is 2.58. The molecule has 2 aromatic heterocycles. The van der Waals surface area contributed by atoms with Crippen LogP contribution in [0.4, 0.5) is 0 Å². The van der Waals surface area contributed by atoms with Crippen LogP contribution in [0.3, 0.4) is 0 Å². The zero-order valence-corrected chi connectivity index (χ0v) is 45.0. The number of rotatable bonds is 13. The van der Waals surface area contributed by atoms with Crippen LogP contribution < -0.4 is 30.3 Å². The van der Waals surface area contributed by atoms with Gasteiger partial charge in [-0.1, -0.05) is 61.2 Å². The third-order valence-corrected chi connectivity index (χ3v) is 18.4. The molecule has 15 heteroatoms. The number of carboxylic acids is 1. The van der Waals surface area contributed by atoms with Crippen LogP contribution in [0.5, 0.6) is 11.5 Å². The van der Waals surface area contributed by atoms with Crippen molar-refractivity contribution >= 4 is 23.5 Å². The van der Waals surface area contributed by atoms with Crippen LogP contribution in [0.1, 0.15) is 178 Å². The molecule has 0 bridgehead atoms. The van der Waals surface area contributed by atoms with Gasteiger partial charge in [-0.3, -0.25) is 29.0 Å². The molecule has 402 valence electrons. The van der Waals surface area contributed by atoms with Gasteiger partial charge < -0.3 is 28.8 Å². The predicted molar refractivity (Wildman–Crippen MR) is 292 cm³/mol. The first kappa shape index (κ1) is 52.0. The summed E-state index contributed by atoms with van der Waals surface area (Å²) in [5, 5.41) is 14.8. The molecule has 1 N–H and O–H groups in total. The number of carbonyl (C=O) groups is 2. The fourth-order valence-electron chi connectivity index (χ4n) is 13.9. The highest BCUT2D eigenvalue weighted by Gasteiger charge is 2.55. The summed E-state index contributed by atoms with van der Waals surface area (Å²) in [6.45, 7) is 3.94. The van der Waals surface area contributed by atoms with Crippen molar-refractivity contribution in [3.63, 3.8) is 0 Å². The summed E-state index contributed by atoms with van der Waals surface area (Å²) in [5.41, 5.74) is 7.57. The number of pyridine rings is 2. The molecular formula is C61H71ClN4O10. The van der Waals surface area contributed by atoms with Crippen molar-refractivity contribution in [2.75, 3.05) is 44.1 Å². The Labute approximate surface area is 449 Å². The molecule has 3 spiro atoms. The molecule has 14 nitrogen and oxygen atoms in total. The average Bonchev–Trinajstić information content (AvgIpc) is 4.17. The van der Waals surface area contributed by atoms with E-state index in [0.29, 0.717) is 37.2 Å². The molecular weight excluding hydrogens is 984 g/mol. The largest absolute Gasteiger partial charge is 0.493 e. The van der Waals surface area contributed by atoms with Crippen LogP contribution in [0.2, 0.25) is 5.02 Å². The molecule has 0 amide bonds. The zero-order chi connectivity index (χ0) is 52.8. The van der Waals surface area contributed by atoms with E-state index in [9.17, 15) is 24.3 Å². The zero-order valence-electron chi connectivity index (χ0n) is 44.2. The molecule has 0 unspecified atom stereocenters. The fourth-order valence-corrected chi connectivity index (χ4v) is 14.1. The normalized spacial score (nSPS) is 20.7. The number of nitrogens with zero attached hydrogens (tertiary/aromatic N) is 4. The maximum Gasteiger partial charge on any atom is 0.343 e. The minimum absolute atomic E-state index is 0.0205. The Kier molecular flexibility index (Phi) is 14.6. The number of esters is 1. The number of fused-ring (bicyclic) bond motifs is 14. The molecule has 4 aliphatic carbocycles. The Hall–Kier alpha value is -6.09. The second-order valence-corrected chi connectivity index (χ2v) is 22.8. The molecule has 0 radical (unpaired) electrons. The van der Waals surface area contributed by atoms with Crippen LogP contribution in [0.25, 0.3) is 22.5 Å². The van der Waals surface area contributed by atoms with E-state index in [1.54, 1.807) is 59.1 Å². The fraction of sp³-hybridized carbons (Fsp3) is 0.508. The van der Waals surface area contributed by atoms with Gasteiger partial charge in [-0.15, -0.1) is 0 Å². The molecule has 76 heavy (non-hydrogen) atoms. The number of methoxy groups -OCH3 is 2. The number of ether oxygens (including phenoxy) is 5. The number of aromatic nitrogens is 2. The topological polar surface area (TPSA) is 151 Å². The van der Waals surface area contributed by atoms with Crippen molar-refractivity contribution in [2.45, 2.75) is 159 Å². The SMILES string of the molecule is C1CCC2(C1)CCC2.CCOC(=O)c1cn2c(cc1=O)-c1cc(Cl)c(OCc3ccccc3)cc1[C@H]1CCC3(CCC3)N12.COCCCOc1cc2c(cc1COC)-c1cc(=O)c(C(=O)O)cn1N1[C@@H]2CCC12CCC2. The van der Waals surface area contributed by atoms with Gasteiger partial charge in [-0.2, -0.15) is 0 Å². The van der Waals surface area contributed by atoms with Crippen molar-refractivity contribution < 1.29 is 38.4 Å². The van der Waals surface area contributed by atoms with Crippen LogP contribution >= 0.6 is 11.6 Å². The monoisotopic (exact) mass is 1050 g/mol. The highest BCUT2D eigenvalue weighted by molar-refractivity contribution is 6.32. The summed E-state index contributed by atoms with van der Waals surface area (Å²) in [6.07, 6.45) is 25.6. The van der Waals surface area contributed by atoms with Crippen molar-refractivity contribution in [3.8, 4) is 34.0 Å². The predicted octanol–water partition coefficient (Wildman–Crippen LogP) is 11.8. The minimum atomic E-state index is -1.20. The molecule has 8 aliphatic rings. The molecule has 13 rings (SSSR count). The Balaban J connectivity index is 0.000000141. The van der Waals surface area contributed by atoms with Crippen molar-refractivity contribution in [2.24, 2.45) is 5.41 Å².